The number of hydrogen-bond acceptors (Lipinski definition) is 3. The Bertz CT molecular complexity index is 214. The quantitative estimate of drug-likeness (QED) is 0.637. The Kier molecular flexibility index (Phi) is 3.03. The van der Waals surface area contributed by atoms with Gasteiger partial charge in [-0.2, -0.15) is 0 Å². The molecule has 4 nitrogen and oxygen atoms in total. The maximum absolute atomic E-state index is 12.0. The summed E-state index contributed by atoms with van der Waals surface area (Å²) in [5, 5.41) is 3.23. The van der Waals surface area contributed by atoms with Crippen LogP contribution in [-0.2, 0) is 9.53 Å². The number of hydrogen-bond donors (Lipinski definition) is 1. The molecule has 0 aromatic rings. The summed E-state index contributed by atoms with van der Waals surface area (Å²) in [6.45, 7) is 6.02. The van der Waals surface area contributed by atoms with Gasteiger partial charge < -0.3 is 15.0 Å². The van der Waals surface area contributed by atoms with Crippen LogP contribution in [0.4, 0.5) is 0 Å². The summed E-state index contributed by atoms with van der Waals surface area (Å²) >= 11 is 0. The first-order valence-electron chi connectivity index (χ1n) is 5.38. The summed E-state index contributed by atoms with van der Waals surface area (Å²) < 4.78 is 5.32. The van der Waals surface area contributed by atoms with Gasteiger partial charge in [0.1, 0.15) is 0 Å². The molecular weight excluding hydrogens is 180 g/mol. The molecule has 80 valence electrons. The molecule has 1 N–H and O–H groups in total. The average molecular weight is 198 g/mol. The summed E-state index contributed by atoms with van der Waals surface area (Å²) in [4.78, 5) is 14.0. The first-order valence-corrected chi connectivity index (χ1v) is 5.38. The molecule has 0 radical (unpaired) electrons. The Balaban J connectivity index is 1.94. The minimum absolute atomic E-state index is 0.204. The van der Waals surface area contributed by atoms with Crippen molar-refractivity contribution in [3.63, 3.8) is 0 Å². The predicted octanol–water partition coefficient (Wildman–Crippen LogP) is -0.157. The summed E-state index contributed by atoms with van der Waals surface area (Å²) in [6, 6.07) is 0.247. The van der Waals surface area contributed by atoms with Crippen molar-refractivity contribution in [2.45, 2.75) is 19.4 Å². The summed E-state index contributed by atoms with van der Waals surface area (Å²) in [6.07, 6.45) is 0.989. The first-order chi connectivity index (χ1) is 6.79. The number of nitrogens with zero attached hydrogens (tertiary/aromatic N) is 1. The monoisotopic (exact) mass is 198 g/mol. The molecule has 2 rings (SSSR count). The molecule has 1 amide bonds. The molecule has 0 spiro atoms. The van der Waals surface area contributed by atoms with Crippen molar-refractivity contribution in [3.05, 3.63) is 0 Å². The maximum Gasteiger partial charge on any atom is 0.227 e. The van der Waals surface area contributed by atoms with Crippen LogP contribution >= 0.6 is 0 Å². The lowest BCUT2D eigenvalue weighted by Gasteiger charge is -2.34. The smallest absolute Gasteiger partial charge is 0.227 e. The van der Waals surface area contributed by atoms with Gasteiger partial charge in [-0.1, -0.05) is 0 Å². The fourth-order valence-corrected chi connectivity index (χ4v) is 2.15. The third-order valence-electron chi connectivity index (χ3n) is 3.06. The topological polar surface area (TPSA) is 41.6 Å². The normalized spacial score (nSPS) is 33.4. The lowest BCUT2D eigenvalue weighted by molar-refractivity contribution is -0.142. The van der Waals surface area contributed by atoms with E-state index < -0.39 is 0 Å². The number of ether oxygens (including phenoxy) is 1. The zero-order valence-corrected chi connectivity index (χ0v) is 8.66. The molecule has 14 heavy (non-hydrogen) atoms. The minimum atomic E-state index is 0.204. The molecule has 0 aromatic heterocycles. The van der Waals surface area contributed by atoms with Crippen LogP contribution in [0, 0.1) is 5.92 Å². The van der Waals surface area contributed by atoms with Crippen LogP contribution < -0.4 is 5.32 Å². The molecule has 0 bridgehead atoms. The molecular formula is C10H18N2O2. The van der Waals surface area contributed by atoms with E-state index in [0.717, 1.165) is 26.1 Å². The van der Waals surface area contributed by atoms with Gasteiger partial charge in [-0.25, -0.2) is 0 Å². The van der Waals surface area contributed by atoms with E-state index in [1.807, 2.05) is 4.90 Å². The van der Waals surface area contributed by atoms with Gasteiger partial charge in [-0.15, -0.1) is 0 Å². The van der Waals surface area contributed by atoms with E-state index >= 15 is 0 Å². The maximum atomic E-state index is 12.0. The van der Waals surface area contributed by atoms with Crippen LogP contribution in [0.3, 0.4) is 0 Å². The molecule has 0 saturated carbocycles. The number of rotatable bonds is 1. The molecule has 2 fully saturated rings. The zero-order valence-electron chi connectivity index (χ0n) is 8.66. The molecule has 2 aliphatic rings. The van der Waals surface area contributed by atoms with Gasteiger partial charge in [0.05, 0.1) is 25.2 Å². The fraction of sp³-hybridized carbons (Fsp3) is 0.900. The van der Waals surface area contributed by atoms with Gasteiger partial charge in [0.2, 0.25) is 5.91 Å². The van der Waals surface area contributed by atoms with E-state index in [4.69, 9.17) is 4.74 Å². The highest BCUT2D eigenvalue weighted by Gasteiger charge is 2.31. The predicted molar refractivity (Wildman–Crippen MR) is 53.0 cm³/mol. The van der Waals surface area contributed by atoms with Crippen molar-refractivity contribution in [2.75, 3.05) is 32.8 Å². The van der Waals surface area contributed by atoms with Crippen molar-refractivity contribution in [3.8, 4) is 0 Å². The van der Waals surface area contributed by atoms with Crippen LogP contribution in [0.5, 0.6) is 0 Å². The molecule has 2 saturated heterocycles. The lowest BCUT2D eigenvalue weighted by atomic mass is 10.1. The Labute approximate surface area is 84.6 Å². The minimum Gasteiger partial charge on any atom is -0.377 e. The number of morpholine rings is 1. The largest absolute Gasteiger partial charge is 0.377 e. The SMILES string of the molecule is CC1COCCN1C(=O)[C@@H]1CCNC1. The molecule has 0 aliphatic carbocycles. The van der Waals surface area contributed by atoms with E-state index in [1.165, 1.54) is 0 Å². The average Bonchev–Trinajstić information content (AvgIpc) is 2.70. The number of nitrogens with one attached hydrogen (secondary N) is 1. The van der Waals surface area contributed by atoms with Crippen LogP contribution in [0.1, 0.15) is 13.3 Å². The van der Waals surface area contributed by atoms with E-state index in [2.05, 4.69) is 12.2 Å². The lowest BCUT2D eigenvalue weighted by Crippen LogP contribution is -2.49. The van der Waals surface area contributed by atoms with Gasteiger partial charge in [-0.05, 0) is 19.9 Å². The highest BCUT2D eigenvalue weighted by molar-refractivity contribution is 5.79. The fourth-order valence-electron chi connectivity index (χ4n) is 2.15. The molecule has 2 heterocycles. The second kappa shape index (κ2) is 4.28. The van der Waals surface area contributed by atoms with E-state index in [-0.39, 0.29) is 12.0 Å². The van der Waals surface area contributed by atoms with Gasteiger partial charge in [0, 0.05) is 13.1 Å². The highest BCUT2D eigenvalue weighted by atomic mass is 16.5. The standard InChI is InChI=1S/C10H18N2O2/c1-8-7-14-5-4-12(8)10(13)9-2-3-11-6-9/h8-9,11H,2-7H2,1H3/t8?,9-/m1/s1. The van der Waals surface area contributed by atoms with Gasteiger partial charge in [-0.3, -0.25) is 4.79 Å². The molecule has 0 aromatic carbocycles. The Morgan fingerprint density at radius 1 is 1.57 bits per heavy atom. The number of carbonyl (C=O) groups excluding carboxylic acids is 1. The second-order valence-corrected chi connectivity index (χ2v) is 4.15. The van der Waals surface area contributed by atoms with Crippen LogP contribution in [0.25, 0.3) is 0 Å². The Morgan fingerprint density at radius 3 is 3.07 bits per heavy atom. The van der Waals surface area contributed by atoms with E-state index in [0.29, 0.717) is 19.1 Å². The highest BCUT2D eigenvalue weighted by Crippen LogP contribution is 2.15. The van der Waals surface area contributed by atoms with Crippen LogP contribution in [-0.4, -0.2) is 49.7 Å². The Hall–Kier alpha value is -0.610. The zero-order chi connectivity index (χ0) is 9.97. The van der Waals surface area contributed by atoms with Crippen molar-refractivity contribution in [1.29, 1.82) is 0 Å². The van der Waals surface area contributed by atoms with Crippen molar-refractivity contribution < 1.29 is 9.53 Å². The van der Waals surface area contributed by atoms with Gasteiger partial charge in [0.25, 0.3) is 0 Å². The number of amides is 1. The first kappa shape index (κ1) is 9.93. The van der Waals surface area contributed by atoms with Crippen molar-refractivity contribution in [1.82, 2.24) is 10.2 Å². The third kappa shape index (κ3) is 1.91. The van der Waals surface area contributed by atoms with Gasteiger partial charge in [0.15, 0.2) is 0 Å². The molecule has 1 unspecified atom stereocenters. The van der Waals surface area contributed by atoms with Crippen LogP contribution in [0.2, 0.25) is 0 Å². The summed E-state index contributed by atoms with van der Waals surface area (Å²) in [5.74, 6) is 0.515. The van der Waals surface area contributed by atoms with Crippen LogP contribution in [0.15, 0.2) is 0 Å². The Morgan fingerprint density at radius 2 is 2.43 bits per heavy atom. The van der Waals surface area contributed by atoms with E-state index in [9.17, 15) is 4.79 Å². The number of carbonyl (C=O) groups is 1. The summed E-state index contributed by atoms with van der Waals surface area (Å²) in [7, 11) is 0. The third-order valence-corrected chi connectivity index (χ3v) is 3.06. The van der Waals surface area contributed by atoms with Crippen molar-refractivity contribution in [2.24, 2.45) is 5.92 Å². The molecule has 2 atom stereocenters. The van der Waals surface area contributed by atoms with Crippen molar-refractivity contribution >= 4 is 5.91 Å². The van der Waals surface area contributed by atoms with Gasteiger partial charge >= 0.3 is 0 Å². The molecule has 2 aliphatic heterocycles. The van der Waals surface area contributed by atoms with E-state index in [1.54, 1.807) is 0 Å². The summed E-state index contributed by atoms with van der Waals surface area (Å²) in [5.41, 5.74) is 0. The molecule has 4 heteroatoms. The second-order valence-electron chi connectivity index (χ2n) is 4.15.